The number of benzene rings is 1. The van der Waals surface area contributed by atoms with E-state index >= 15 is 0 Å². The van der Waals surface area contributed by atoms with E-state index in [4.69, 9.17) is 4.74 Å². The summed E-state index contributed by atoms with van der Waals surface area (Å²) in [6.07, 6.45) is 1.81. The lowest BCUT2D eigenvalue weighted by Crippen LogP contribution is -2.44. The quantitative estimate of drug-likeness (QED) is 0.411. The highest BCUT2D eigenvalue weighted by atomic mass is 32.2. The van der Waals surface area contributed by atoms with Crippen molar-refractivity contribution in [1.82, 2.24) is 0 Å². The molecular weight excluding hydrogens is 452 g/mol. The predicted molar refractivity (Wildman–Crippen MR) is 137 cm³/mol. The van der Waals surface area contributed by atoms with Crippen LogP contribution in [0.1, 0.15) is 75.3 Å². The number of aliphatic hydroxyl groups excluding tert-OH is 2. The summed E-state index contributed by atoms with van der Waals surface area (Å²) in [6, 6.07) is 4.00. The Morgan fingerprint density at radius 3 is 2.36 bits per heavy atom. The summed E-state index contributed by atoms with van der Waals surface area (Å²) in [7, 11) is 0. The molecule has 33 heavy (non-hydrogen) atoms. The number of carbonyl (C=O) groups excluding carboxylic acids is 1. The molecule has 0 saturated carbocycles. The maximum absolute atomic E-state index is 13.2. The number of aryl methyl sites for hydroxylation is 3. The van der Waals surface area contributed by atoms with E-state index < -0.39 is 11.6 Å². The summed E-state index contributed by atoms with van der Waals surface area (Å²) in [6.45, 7) is 14.4. The summed E-state index contributed by atoms with van der Waals surface area (Å²) in [4.78, 5) is 14.4. The van der Waals surface area contributed by atoms with Crippen molar-refractivity contribution >= 4 is 29.1 Å². The van der Waals surface area contributed by atoms with Gasteiger partial charge in [0, 0.05) is 11.3 Å². The van der Waals surface area contributed by atoms with Gasteiger partial charge in [0.15, 0.2) is 0 Å². The lowest BCUT2D eigenvalue weighted by Gasteiger charge is -2.40. The lowest BCUT2D eigenvalue weighted by atomic mass is 9.80. The average molecular weight is 489 g/mol. The fourth-order valence-corrected chi connectivity index (χ4v) is 6.40. The van der Waals surface area contributed by atoms with Crippen molar-refractivity contribution in [2.24, 2.45) is 5.92 Å². The zero-order valence-corrected chi connectivity index (χ0v) is 22.4. The topological polar surface area (TPSA) is 66.8 Å². The Morgan fingerprint density at radius 2 is 1.85 bits per heavy atom. The van der Waals surface area contributed by atoms with Crippen molar-refractivity contribution in [2.45, 2.75) is 90.2 Å². The molecule has 0 spiro atoms. The lowest BCUT2D eigenvalue weighted by molar-refractivity contribution is -0.164. The summed E-state index contributed by atoms with van der Waals surface area (Å²) < 4.78 is 6.12. The maximum Gasteiger partial charge on any atom is 0.349 e. The van der Waals surface area contributed by atoms with Gasteiger partial charge in [0.05, 0.1) is 6.61 Å². The van der Waals surface area contributed by atoms with Crippen molar-refractivity contribution < 1.29 is 19.7 Å². The molecule has 0 fully saturated rings. The molecule has 0 radical (unpaired) electrons. The summed E-state index contributed by atoms with van der Waals surface area (Å²) >= 11 is 2.96. The molecule has 0 amide bonds. The number of hydrogen-bond acceptors (Lipinski definition) is 6. The monoisotopic (exact) mass is 488 g/mol. The van der Waals surface area contributed by atoms with Crippen LogP contribution in [0.2, 0.25) is 0 Å². The van der Waals surface area contributed by atoms with Crippen molar-refractivity contribution in [3.8, 4) is 0 Å². The third kappa shape index (κ3) is 5.50. The van der Waals surface area contributed by atoms with Crippen molar-refractivity contribution in [2.75, 3.05) is 0 Å². The molecule has 2 heterocycles. The molecule has 1 atom stereocenters. The van der Waals surface area contributed by atoms with Crippen LogP contribution in [0, 0.1) is 19.8 Å². The third-order valence-electron chi connectivity index (χ3n) is 6.67. The molecule has 0 saturated heterocycles. The zero-order valence-electron chi connectivity index (χ0n) is 20.7. The van der Waals surface area contributed by atoms with Crippen LogP contribution in [0.5, 0.6) is 0 Å². The Kier molecular flexibility index (Phi) is 7.72. The minimum absolute atomic E-state index is 0.0314. The highest BCUT2D eigenvalue weighted by Gasteiger charge is 2.44. The Hall–Kier alpha value is -1.76. The molecule has 1 aliphatic rings. The van der Waals surface area contributed by atoms with Crippen molar-refractivity contribution in [3.05, 3.63) is 61.4 Å². The van der Waals surface area contributed by atoms with Gasteiger partial charge in [-0.25, -0.2) is 4.79 Å². The van der Waals surface area contributed by atoms with Gasteiger partial charge < -0.3 is 14.9 Å². The van der Waals surface area contributed by atoms with Gasteiger partial charge in [-0.1, -0.05) is 52.4 Å². The van der Waals surface area contributed by atoms with Gasteiger partial charge in [0.1, 0.15) is 16.3 Å². The molecule has 2 aromatic rings. The molecule has 1 aromatic carbocycles. The first kappa shape index (κ1) is 25.9. The normalized spacial score (nSPS) is 19.4. The molecule has 4 nitrogen and oxygen atoms in total. The first-order valence-corrected chi connectivity index (χ1v) is 13.2. The molecule has 2 N–H and O–H groups in total. The predicted octanol–water partition coefficient (Wildman–Crippen LogP) is 6.99. The molecule has 3 rings (SSSR count). The fraction of sp³-hybridized carbons (Fsp3) is 0.519. The standard InChI is InChI=1S/C27H36O4S2/c1-16(2)27(9-8-19-15-32-14-18(19)4)12-22(29)24(25(30)31-27)33-23-10-17(3)20(13-28)11-21(23)26(5,6)7/h10-11,14-16,28-29H,8-9,12-13H2,1-7H3. The van der Waals surface area contributed by atoms with Crippen LogP contribution in [0.15, 0.2) is 38.5 Å². The minimum atomic E-state index is -0.719. The second-order valence-corrected chi connectivity index (χ2v) is 12.2. The number of thioether (sulfide) groups is 1. The van der Waals surface area contributed by atoms with E-state index in [-0.39, 0.29) is 28.6 Å². The van der Waals surface area contributed by atoms with Crippen LogP contribution in [0.3, 0.4) is 0 Å². The molecule has 6 heteroatoms. The van der Waals surface area contributed by atoms with E-state index in [9.17, 15) is 15.0 Å². The number of thiophene rings is 1. The Balaban J connectivity index is 1.93. The number of cyclic esters (lactones) is 1. The van der Waals surface area contributed by atoms with E-state index in [0.717, 1.165) is 28.0 Å². The van der Waals surface area contributed by atoms with Crippen LogP contribution in [0.25, 0.3) is 0 Å². The van der Waals surface area contributed by atoms with Gasteiger partial charge in [-0.05, 0) is 82.7 Å². The molecule has 1 unspecified atom stereocenters. The Labute approximate surface area is 206 Å². The molecular formula is C27H36O4S2. The van der Waals surface area contributed by atoms with Gasteiger partial charge in [-0.2, -0.15) is 11.3 Å². The number of aliphatic hydroxyl groups is 2. The summed E-state index contributed by atoms with van der Waals surface area (Å²) in [5.41, 5.74) is 4.49. The highest BCUT2D eigenvalue weighted by molar-refractivity contribution is 8.04. The summed E-state index contributed by atoms with van der Waals surface area (Å²) in [5, 5.41) is 25.1. The van der Waals surface area contributed by atoms with Gasteiger partial charge >= 0.3 is 5.97 Å². The Bertz CT molecular complexity index is 1060. The SMILES string of the molecule is Cc1cc(SC2=C(O)CC(CCc3cscc3C)(C(C)C)OC2=O)c(C(C)(C)C)cc1CO. The molecule has 180 valence electrons. The Morgan fingerprint density at radius 1 is 1.15 bits per heavy atom. The smallest absolute Gasteiger partial charge is 0.349 e. The maximum atomic E-state index is 13.2. The van der Waals surface area contributed by atoms with Gasteiger partial charge in [0.25, 0.3) is 0 Å². The highest BCUT2D eigenvalue weighted by Crippen LogP contribution is 2.45. The van der Waals surface area contributed by atoms with Crippen LogP contribution in [-0.4, -0.2) is 21.8 Å². The minimum Gasteiger partial charge on any atom is -0.511 e. The van der Waals surface area contributed by atoms with Crippen molar-refractivity contribution in [3.63, 3.8) is 0 Å². The van der Waals surface area contributed by atoms with Gasteiger partial charge in [-0.3, -0.25) is 0 Å². The summed E-state index contributed by atoms with van der Waals surface area (Å²) in [5.74, 6) is -0.274. The van der Waals surface area contributed by atoms with Crippen LogP contribution >= 0.6 is 23.1 Å². The van der Waals surface area contributed by atoms with Gasteiger partial charge in [-0.15, -0.1) is 0 Å². The second-order valence-electron chi connectivity index (χ2n) is 10.4. The number of hydrogen-bond donors (Lipinski definition) is 2. The number of ether oxygens (including phenoxy) is 1. The average Bonchev–Trinajstić information content (AvgIpc) is 3.13. The van der Waals surface area contributed by atoms with E-state index in [1.807, 2.05) is 32.9 Å². The largest absolute Gasteiger partial charge is 0.511 e. The number of rotatable bonds is 7. The van der Waals surface area contributed by atoms with Crippen molar-refractivity contribution in [1.29, 1.82) is 0 Å². The fourth-order valence-electron chi connectivity index (χ4n) is 4.27. The van der Waals surface area contributed by atoms with E-state index in [1.54, 1.807) is 11.3 Å². The molecule has 0 aliphatic carbocycles. The number of carbonyl (C=O) groups is 1. The van der Waals surface area contributed by atoms with E-state index in [2.05, 4.69) is 38.5 Å². The van der Waals surface area contributed by atoms with Gasteiger partial charge in [0.2, 0.25) is 0 Å². The van der Waals surface area contributed by atoms with E-state index in [0.29, 0.717) is 12.8 Å². The molecule has 0 bridgehead atoms. The first-order chi connectivity index (χ1) is 15.4. The second kappa shape index (κ2) is 9.85. The van der Waals surface area contributed by atoms with Crippen LogP contribution in [0.4, 0.5) is 0 Å². The third-order valence-corrected chi connectivity index (χ3v) is 8.74. The zero-order chi connectivity index (χ0) is 24.6. The molecule has 1 aliphatic heterocycles. The van der Waals surface area contributed by atoms with Crippen LogP contribution in [-0.2, 0) is 28.0 Å². The van der Waals surface area contributed by atoms with E-state index in [1.165, 1.54) is 22.9 Å². The molecule has 1 aromatic heterocycles. The first-order valence-electron chi connectivity index (χ1n) is 11.5. The number of esters is 1. The van der Waals surface area contributed by atoms with Crippen LogP contribution < -0.4 is 0 Å².